The van der Waals surface area contributed by atoms with Crippen LogP contribution in [-0.4, -0.2) is 50.8 Å². The molecule has 26 heavy (non-hydrogen) atoms. The minimum Gasteiger partial charge on any atom is -0.379 e. The molecule has 0 radical (unpaired) electrons. The first-order valence-corrected chi connectivity index (χ1v) is 10.00. The van der Waals surface area contributed by atoms with E-state index in [0.717, 1.165) is 45.4 Å². The molecule has 0 bridgehead atoms. The van der Waals surface area contributed by atoms with Crippen LogP contribution in [0.25, 0.3) is 0 Å². The predicted octanol–water partition coefficient (Wildman–Crippen LogP) is 2.80. The normalized spacial score (nSPS) is 17.1. The van der Waals surface area contributed by atoms with Crippen molar-refractivity contribution in [2.75, 3.05) is 39.9 Å². The summed E-state index contributed by atoms with van der Waals surface area (Å²) in [5.74, 6) is 0.840. The molecule has 0 spiro atoms. The monoisotopic (exact) mass is 372 g/mol. The summed E-state index contributed by atoms with van der Waals surface area (Å²) in [4.78, 5) is 8.22. The Labute approximate surface area is 160 Å². The Morgan fingerprint density at radius 3 is 2.62 bits per heavy atom. The van der Waals surface area contributed by atoms with Gasteiger partial charge in [-0.05, 0) is 29.5 Å². The number of morpholine rings is 1. The Kier molecular flexibility index (Phi) is 7.05. The maximum absolute atomic E-state index is 5.53. The number of aryl methyl sites for hydroxylation is 1. The molecule has 140 valence electrons. The molecule has 1 aromatic heterocycles. The molecule has 0 amide bonds. The summed E-state index contributed by atoms with van der Waals surface area (Å²) in [7, 11) is 1.82. The Bertz CT molecular complexity index is 695. The van der Waals surface area contributed by atoms with E-state index >= 15 is 0 Å². The Hall–Kier alpha value is -1.89. The van der Waals surface area contributed by atoms with Crippen LogP contribution in [0.4, 0.5) is 0 Å². The standard InChI is InChI=1S/C20H28N4OS/c1-16-8-13-26-19(16)15-23-20(21-2)22-14-18(17-6-4-3-5-7-17)24-9-11-25-12-10-24/h3-8,13,18H,9-12,14-15H2,1-2H3,(H2,21,22,23). The molecule has 1 unspecified atom stereocenters. The van der Waals surface area contributed by atoms with Crippen molar-refractivity contribution >= 4 is 17.3 Å². The third-order valence-electron chi connectivity index (χ3n) is 4.74. The molecule has 1 fully saturated rings. The number of hydrogen-bond acceptors (Lipinski definition) is 4. The van der Waals surface area contributed by atoms with Crippen LogP contribution in [0.1, 0.15) is 22.0 Å². The van der Waals surface area contributed by atoms with Crippen molar-refractivity contribution in [3.63, 3.8) is 0 Å². The molecule has 1 atom stereocenters. The molecular formula is C20H28N4OS. The summed E-state index contributed by atoms with van der Waals surface area (Å²) in [5.41, 5.74) is 2.65. The molecule has 3 rings (SSSR count). The van der Waals surface area contributed by atoms with E-state index in [1.54, 1.807) is 11.3 Å². The molecule has 2 heterocycles. The van der Waals surface area contributed by atoms with Gasteiger partial charge in [-0.1, -0.05) is 30.3 Å². The third kappa shape index (κ3) is 5.06. The third-order valence-corrected chi connectivity index (χ3v) is 5.76. The second-order valence-electron chi connectivity index (χ2n) is 6.41. The van der Waals surface area contributed by atoms with E-state index in [9.17, 15) is 0 Å². The average molecular weight is 373 g/mol. The van der Waals surface area contributed by atoms with Crippen molar-refractivity contribution in [1.82, 2.24) is 15.5 Å². The van der Waals surface area contributed by atoms with E-state index < -0.39 is 0 Å². The number of nitrogens with one attached hydrogen (secondary N) is 2. The van der Waals surface area contributed by atoms with Gasteiger partial charge in [-0.25, -0.2) is 0 Å². The largest absolute Gasteiger partial charge is 0.379 e. The van der Waals surface area contributed by atoms with Crippen LogP contribution >= 0.6 is 11.3 Å². The van der Waals surface area contributed by atoms with Crippen LogP contribution in [0.2, 0.25) is 0 Å². The summed E-state index contributed by atoms with van der Waals surface area (Å²) in [6.45, 7) is 7.28. The average Bonchev–Trinajstić information content (AvgIpc) is 3.11. The molecule has 6 heteroatoms. The van der Waals surface area contributed by atoms with Crippen molar-refractivity contribution in [3.8, 4) is 0 Å². The van der Waals surface area contributed by atoms with Gasteiger partial charge in [0.25, 0.3) is 0 Å². The minimum atomic E-state index is 0.308. The number of ether oxygens (including phenoxy) is 1. The first-order chi connectivity index (χ1) is 12.8. The minimum absolute atomic E-state index is 0.308. The van der Waals surface area contributed by atoms with Crippen LogP contribution in [0.3, 0.4) is 0 Å². The van der Waals surface area contributed by atoms with Gasteiger partial charge in [0, 0.05) is 31.6 Å². The van der Waals surface area contributed by atoms with E-state index in [4.69, 9.17) is 4.74 Å². The number of benzene rings is 1. The molecule has 5 nitrogen and oxygen atoms in total. The Balaban J connectivity index is 1.61. The van der Waals surface area contributed by atoms with Gasteiger partial charge in [0.2, 0.25) is 0 Å². The highest BCUT2D eigenvalue weighted by Crippen LogP contribution is 2.21. The molecule has 2 N–H and O–H groups in total. The lowest BCUT2D eigenvalue weighted by Gasteiger charge is -2.35. The van der Waals surface area contributed by atoms with Crippen LogP contribution in [0, 0.1) is 6.92 Å². The smallest absolute Gasteiger partial charge is 0.191 e. The first kappa shape index (κ1) is 18.9. The molecule has 1 aromatic carbocycles. The Morgan fingerprint density at radius 2 is 1.96 bits per heavy atom. The zero-order valence-electron chi connectivity index (χ0n) is 15.6. The van der Waals surface area contributed by atoms with Crippen LogP contribution in [0.5, 0.6) is 0 Å². The highest BCUT2D eigenvalue weighted by molar-refractivity contribution is 7.10. The number of nitrogens with zero attached hydrogens (tertiary/aromatic N) is 2. The molecule has 2 aromatic rings. The molecule has 1 saturated heterocycles. The van der Waals surface area contributed by atoms with Crippen molar-refractivity contribution < 1.29 is 4.74 Å². The zero-order chi connectivity index (χ0) is 18.2. The van der Waals surface area contributed by atoms with Crippen molar-refractivity contribution in [3.05, 3.63) is 57.8 Å². The second kappa shape index (κ2) is 9.71. The highest BCUT2D eigenvalue weighted by atomic mass is 32.1. The van der Waals surface area contributed by atoms with Gasteiger partial charge in [0.1, 0.15) is 0 Å². The number of aliphatic imine (C=N–C) groups is 1. The molecular weight excluding hydrogens is 344 g/mol. The number of rotatable bonds is 6. The maximum Gasteiger partial charge on any atom is 0.191 e. The zero-order valence-corrected chi connectivity index (χ0v) is 16.4. The number of guanidine groups is 1. The lowest BCUT2D eigenvalue weighted by atomic mass is 10.0. The van der Waals surface area contributed by atoms with Gasteiger partial charge in [-0.2, -0.15) is 0 Å². The number of thiophene rings is 1. The number of hydrogen-bond donors (Lipinski definition) is 2. The van der Waals surface area contributed by atoms with E-state index in [0.29, 0.717) is 6.04 Å². The maximum atomic E-state index is 5.53. The van der Waals surface area contributed by atoms with Crippen molar-refractivity contribution in [2.45, 2.75) is 19.5 Å². The summed E-state index contributed by atoms with van der Waals surface area (Å²) in [6, 6.07) is 13.1. The predicted molar refractivity (Wildman–Crippen MR) is 109 cm³/mol. The van der Waals surface area contributed by atoms with E-state index in [-0.39, 0.29) is 0 Å². The molecule has 0 saturated carbocycles. The van der Waals surface area contributed by atoms with Gasteiger partial charge in [-0.3, -0.25) is 9.89 Å². The van der Waals surface area contributed by atoms with E-state index in [1.165, 1.54) is 16.0 Å². The second-order valence-corrected chi connectivity index (χ2v) is 7.41. The van der Waals surface area contributed by atoms with Gasteiger partial charge in [0.15, 0.2) is 5.96 Å². The lowest BCUT2D eigenvalue weighted by molar-refractivity contribution is 0.0170. The summed E-state index contributed by atoms with van der Waals surface area (Å²) in [6.07, 6.45) is 0. The quantitative estimate of drug-likeness (QED) is 0.605. The molecule has 1 aliphatic heterocycles. The van der Waals surface area contributed by atoms with E-state index in [2.05, 4.69) is 69.2 Å². The van der Waals surface area contributed by atoms with Crippen molar-refractivity contribution in [1.29, 1.82) is 0 Å². The fourth-order valence-corrected chi connectivity index (χ4v) is 4.03. The topological polar surface area (TPSA) is 48.9 Å². The molecule has 0 aliphatic carbocycles. The Morgan fingerprint density at radius 1 is 1.19 bits per heavy atom. The summed E-state index contributed by atoms with van der Waals surface area (Å²) >= 11 is 1.78. The van der Waals surface area contributed by atoms with Gasteiger partial charge in [0.05, 0.1) is 25.8 Å². The highest BCUT2D eigenvalue weighted by Gasteiger charge is 2.22. The van der Waals surface area contributed by atoms with Crippen LogP contribution < -0.4 is 10.6 Å². The van der Waals surface area contributed by atoms with Crippen molar-refractivity contribution in [2.24, 2.45) is 4.99 Å². The summed E-state index contributed by atoms with van der Waals surface area (Å²) in [5, 5.41) is 9.07. The van der Waals surface area contributed by atoms with Gasteiger partial charge >= 0.3 is 0 Å². The summed E-state index contributed by atoms with van der Waals surface area (Å²) < 4.78 is 5.53. The van der Waals surface area contributed by atoms with Crippen LogP contribution in [0.15, 0.2) is 46.8 Å². The fourth-order valence-electron chi connectivity index (χ4n) is 3.19. The van der Waals surface area contributed by atoms with Crippen LogP contribution in [-0.2, 0) is 11.3 Å². The van der Waals surface area contributed by atoms with E-state index in [1.807, 2.05) is 7.05 Å². The lowest BCUT2D eigenvalue weighted by Crippen LogP contribution is -2.46. The first-order valence-electron chi connectivity index (χ1n) is 9.12. The molecule has 1 aliphatic rings. The SMILES string of the molecule is CN=C(NCc1sccc1C)NCC(c1ccccc1)N1CCOCC1. The van der Waals surface area contributed by atoms with Gasteiger partial charge in [-0.15, -0.1) is 11.3 Å². The van der Waals surface area contributed by atoms with Gasteiger partial charge < -0.3 is 15.4 Å². The fraction of sp³-hybridized carbons (Fsp3) is 0.450.